The lowest BCUT2D eigenvalue weighted by Gasteiger charge is -1.96. The number of hydrogen-bond acceptors (Lipinski definition) is 6. The van der Waals surface area contributed by atoms with Crippen molar-refractivity contribution in [3.63, 3.8) is 0 Å². The Hall–Kier alpha value is -2.67. The summed E-state index contributed by atoms with van der Waals surface area (Å²) in [6.45, 7) is 1.38. The number of methoxy groups -OCH3 is 1. The number of hydrogen-bond donors (Lipinski definition) is 1. The molecule has 0 aliphatic rings. The van der Waals surface area contributed by atoms with E-state index in [-0.39, 0.29) is 23.1 Å². The molecule has 0 atom stereocenters. The maximum atomic E-state index is 12.4. The molecule has 3 aromatic rings. The summed E-state index contributed by atoms with van der Waals surface area (Å²) < 4.78 is 10.7. The van der Waals surface area contributed by atoms with Crippen molar-refractivity contribution in [3.05, 3.63) is 41.1 Å². The standard InChI is InChI=1S/C15H12N2O4S/c1-8(18)16-15-17-11(7-22-15)14(19)13-6-9-5-10(20-2)3-4-12(9)21-13/h3-7H,1-2H3,(H,16,17,18). The average molecular weight is 316 g/mol. The molecule has 1 amide bonds. The first kappa shape index (κ1) is 14.3. The van der Waals surface area contributed by atoms with Crippen molar-refractivity contribution in [1.82, 2.24) is 4.98 Å². The summed E-state index contributed by atoms with van der Waals surface area (Å²) in [4.78, 5) is 27.4. The van der Waals surface area contributed by atoms with Crippen LogP contribution >= 0.6 is 11.3 Å². The van der Waals surface area contributed by atoms with Gasteiger partial charge in [0.15, 0.2) is 10.9 Å². The number of rotatable bonds is 4. The number of fused-ring (bicyclic) bond motifs is 1. The number of thiazole rings is 1. The van der Waals surface area contributed by atoms with Crippen LogP contribution in [-0.2, 0) is 4.79 Å². The average Bonchev–Trinajstić information content (AvgIpc) is 3.11. The second-order valence-electron chi connectivity index (χ2n) is 4.56. The van der Waals surface area contributed by atoms with Crippen molar-refractivity contribution in [1.29, 1.82) is 0 Å². The molecule has 6 nitrogen and oxygen atoms in total. The first-order valence-corrected chi connectivity index (χ1v) is 7.30. The van der Waals surface area contributed by atoms with Gasteiger partial charge >= 0.3 is 0 Å². The van der Waals surface area contributed by atoms with Gasteiger partial charge < -0.3 is 14.5 Å². The summed E-state index contributed by atoms with van der Waals surface area (Å²) in [6.07, 6.45) is 0. The monoisotopic (exact) mass is 316 g/mol. The van der Waals surface area contributed by atoms with Crippen LogP contribution in [0.4, 0.5) is 5.13 Å². The lowest BCUT2D eigenvalue weighted by atomic mass is 10.2. The van der Waals surface area contributed by atoms with E-state index in [1.807, 2.05) is 0 Å². The molecule has 2 heterocycles. The molecule has 2 aromatic heterocycles. The summed E-state index contributed by atoms with van der Waals surface area (Å²) in [5, 5.41) is 5.29. The van der Waals surface area contributed by atoms with E-state index in [4.69, 9.17) is 9.15 Å². The maximum Gasteiger partial charge on any atom is 0.247 e. The minimum absolute atomic E-state index is 0.197. The second kappa shape index (κ2) is 5.61. The lowest BCUT2D eigenvalue weighted by Crippen LogP contribution is -2.06. The van der Waals surface area contributed by atoms with E-state index >= 15 is 0 Å². The molecule has 0 aliphatic heterocycles. The van der Waals surface area contributed by atoms with Crippen molar-refractivity contribution in [2.75, 3.05) is 12.4 Å². The van der Waals surface area contributed by atoms with Gasteiger partial charge in [0.1, 0.15) is 17.0 Å². The Bertz CT molecular complexity index is 865. The first-order chi connectivity index (χ1) is 10.6. The first-order valence-electron chi connectivity index (χ1n) is 6.42. The Morgan fingerprint density at radius 1 is 1.32 bits per heavy atom. The summed E-state index contributed by atoms with van der Waals surface area (Å²) in [7, 11) is 1.58. The van der Waals surface area contributed by atoms with Gasteiger partial charge in [-0.1, -0.05) is 0 Å². The highest BCUT2D eigenvalue weighted by molar-refractivity contribution is 7.14. The summed E-state index contributed by atoms with van der Waals surface area (Å²) >= 11 is 1.19. The van der Waals surface area contributed by atoms with Crippen LogP contribution in [0.1, 0.15) is 23.2 Å². The number of carbonyl (C=O) groups is 2. The smallest absolute Gasteiger partial charge is 0.247 e. The number of benzene rings is 1. The van der Waals surface area contributed by atoms with Crippen LogP contribution in [0.25, 0.3) is 11.0 Å². The number of furan rings is 1. The van der Waals surface area contributed by atoms with Crippen molar-refractivity contribution >= 4 is 39.1 Å². The molecule has 0 radical (unpaired) electrons. The molecule has 0 fully saturated rings. The Morgan fingerprint density at radius 2 is 2.14 bits per heavy atom. The fourth-order valence-corrected chi connectivity index (χ4v) is 2.71. The van der Waals surface area contributed by atoms with E-state index in [2.05, 4.69) is 10.3 Å². The third-order valence-corrected chi connectivity index (χ3v) is 3.72. The van der Waals surface area contributed by atoms with Gasteiger partial charge in [0.2, 0.25) is 11.7 Å². The van der Waals surface area contributed by atoms with E-state index in [1.54, 1.807) is 36.8 Å². The van der Waals surface area contributed by atoms with Gasteiger partial charge in [-0.15, -0.1) is 11.3 Å². The number of ether oxygens (including phenoxy) is 1. The lowest BCUT2D eigenvalue weighted by molar-refractivity contribution is -0.114. The van der Waals surface area contributed by atoms with Crippen LogP contribution in [0.15, 0.2) is 34.1 Å². The quantitative estimate of drug-likeness (QED) is 0.748. The predicted octanol–water partition coefficient (Wildman–Crippen LogP) is 3.09. The maximum absolute atomic E-state index is 12.4. The number of anilines is 1. The van der Waals surface area contributed by atoms with Gasteiger partial charge in [-0.05, 0) is 24.3 Å². The van der Waals surface area contributed by atoms with Crippen molar-refractivity contribution in [2.24, 2.45) is 0 Å². The Morgan fingerprint density at radius 3 is 2.86 bits per heavy atom. The summed E-state index contributed by atoms with van der Waals surface area (Å²) in [5.74, 6) is 0.323. The number of carbonyl (C=O) groups excluding carboxylic acids is 2. The van der Waals surface area contributed by atoms with E-state index in [0.717, 1.165) is 5.39 Å². The fourth-order valence-electron chi connectivity index (χ4n) is 1.97. The normalized spacial score (nSPS) is 10.6. The SMILES string of the molecule is COc1ccc2oc(C(=O)c3csc(NC(C)=O)n3)cc2c1. The van der Waals surface area contributed by atoms with Gasteiger partial charge in [-0.3, -0.25) is 9.59 Å². The molecule has 0 saturated carbocycles. The Labute approximate surface area is 129 Å². The van der Waals surface area contributed by atoms with Crippen LogP contribution in [0.2, 0.25) is 0 Å². The van der Waals surface area contributed by atoms with Gasteiger partial charge in [0.05, 0.1) is 7.11 Å². The molecule has 0 unspecified atom stereocenters. The molecule has 1 N–H and O–H groups in total. The molecule has 0 spiro atoms. The summed E-state index contributed by atoms with van der Waals surface area (Å²) in [6, 6.07) is 6.95. The van der Waals surface area contributed by atoms with E-state index in [9.17, 15) is 9.59 Å². The van der Waals surface area contributed by atoms with E-state index in [0.29, 0.717) is 16.5 Å². The molecule has 0 bridgehead atoms. The third kappa shape index (κ3) is 2.71. The van der Waals surface area contributed by atoms with Crippen LogP contribution in [0, 0.1) is 0 Å². The zero-order valence-electron chi connectivity index (χ0n) is 11.9. The number of nitrogens with one attached hydrogen (secondary N) is 1. The van der Waals surface area contributed by atoms with Crippen LogP contribution in [0.3, 0.4) is 0 Å². The fraction of sp³-hybridized carbons (Fsp3) is 0.133. The van der Waals surface area contributed by atoms with Crippen molar-refractivity contribution in [2.45, 2.75) is 6.92 Å². The molecule has 0 aliphatic carbocycles. The molecule has 7 heteroatoms. The van der Waals surface area contributed by atoms with E-state index < -0.39 is 0 Å². The molecular weight excluding hydrogens is 304 g/mol. The minimum atomic E-state index is -0.331. The highest BCUT2D eigenvalue weighted by Crippen LogP contribution is 2.26. The minimum Gasteiger partial charge on any atom is -0.497 e. The molecule has 1 aromatic carbocycles. The number of nitrogens with zero attached hydrogens (tertiary/aromatic N) is 1. The van der Waals surface area contributed by atoms with Crippen molar-refractivity contribution < 1.29 is 18.7 Å². The zero-order valence-corrected chi connectivity index (χ0v) is 12.7. The zero-order chi connectivity index (χ0) is 15.7. The van der Waals surface area contributed by atoms with Crippen LogP contribution < -0.4 is 10.1 Å². The topological polar surface area (TPSA) is 81.4 Å². The van der Waals surface area contributed by atoms with Gasteiger partial charge in [-0.2, -0.15) is 0 Å². The van der Waals surface area contributed by atoms with E-state index in [1.165, 1.54) is 18.3 Å². The highest BCUT2D eigenvalue weighted by atomic mass is 32.1. The van der Waals surface area contributed by atoms with Crippen LogP contribution in [-0.4, -0.2) is 23.8 Å². The second-order valence-corrected chi connectivity index (χ2v) is 5.42. The number of ketones is 1. The van der Waals surface area contributed by atoms with Gasteiger partial charge in [0.25, 0.3) is 0 Å². The Balaban J connectivity index is 1.91. The van der Waals surface area contributed by atoms with Crippen LogP contribution in [0.5, 0.6) is 5.75 Å². The highest BCUT2D eigenvalue weighted by Gasteiger charge is 2.18. The number of aromatic nitrogens is 1. The van der Waals surface area contributed by atoms with Crippen molar-refractivity contribution in [3.8, 4) is 5.75 Å². The molecule has 0 saturated heterocycles. The van der Waals surface area contributed by atoms with Gasteiger partial charge in [0, 0.05) is 17.7 Å². The molecule has 3 rings (SSSR count). The largest absolute Gasteiger partial charge is 0.497 e. The predicted molar refractivity (Wildman–Crippen MR) is 82.6 cm³/mol. The molecular formula is C15H12N2O4S. The Kier molecular flexibility index (Phi) is 3.64. The molecule has 22 heavy (non-hydrogen) atoms. The van der Waals surface area contributed by atoms with Gasteiger partial charge in [-0.25, -0.2) is 4.98 Å². The third-order valence-electron chi connectivity index (χ3n) is 2.97. The summed E-state index contributed by atoms with van der Waals surface area (Å²) in [5.41, 5.74) is 0.834. The molecule has 112 valence electrons. The number of amides is 1.